The minimum atomic E-state index is -3.11. The largest absolute Gasteiger partial charge is 0.381 e. The Morgan fingerprint density at radius 1 is 1.36 bits per heavy atom. The maximum Gasteiger partial charge on any atom is 0.214 e. The number of nitrogens with one attached hydrogen (secondary N) is 1. The molecule has 1 rings (SSSR count). The van der Waals surface area contributed by atoms with Gasteiger partial charge in [-0.2, -0.15) is 0 Å². The Hall–Kier alpha value is 0.350. The quantitative estimate of drug-likeness (QED) is 0.602. The summed E-state index contributed by atoms with van der Waals surface area (Å²) in [5.74, 6) is 0. The van der Waals surface area contributed by atoms with Gasteiger partial charge in [-0.05, 0) is 19.3 Å². The lowest BCUT2D eigenvalue weighted by Crippen LogP contribution is -2.38. The Morgan fingerprint density at radius 2 is 2.00 bits per heavy atom. The van der Waals surface area contributed by atoms with E-state index in [1.54, 1.807) is 0 Å². The van der Waals surface area contributed by atoms with E-state index in [1.807, 2.05) is 0 Å². The van der Waals surface area contributed by atoms with Gasteiger partial charge >= 0.3 is 0 Å². The third-order valence-electron chi connectivity index (χ3n) is 2.22. The van der Waals surface area contributed by atoms with Crippen LogP contribution in [0, 0.1) is 0 Å². The number of sulfonamides is 1. The molecule has 0 aromatic rings. The van der Waals surface area contributed by atoms with Crippen molar-refractivity contribution in [2.24, 2.45) is 0 Å². The van der Waals surface area contributed by atoms with Gasteiger partial charge in [0.1, 0.15) is 0 Å². The molecule has 0 aromatic carbocycles. The van der Waals surface area contributed by atoms with E-state index in [1.165, 1.54) is 0 Å². The minimum Gasteiger partial charge on any atom is -0.381 e. The first-order valence-electron chi connectivity index (χ1n) is 4.79. The van der Waals surface area contributed by atoms with Crippen molar-refractivity contribution in [2.45, 2.75) is 24.5 Å². The fraction of sp³-hybridized carbons (Fsp3) is 1.00. The van der Waals surface area contributed by atoms with Crippen molar-refractivity contribution < 1.29 is 13.2 Å². The zero-order valence-corrected chi connectivity index (χ0v) is 10.4. The normalized spacial score (nSPS) is 19.8. The molecule has 1 fully saturated rings. The smallest absolute Gasteiger partial charge is 0.214 e. The predicted molar refractivity (Wildman–Crippen MR) is 59.2 cm³/mol. The van der Waals surface area contributed by atoms with Crippen molar-refractivity contribution in [3.05, 3.63) is 0 Å². The highest BCUT2D eigenvalue weighted by Crippen LogP contribution is 2.14. The molecule has 1 heterocycles. The van der Waals surface area contributed by atoms with E-state index in [-0.39, 0.29) is 5.25 Å². The average molecular weight is 286 g/mol. The summed E-state index contributed by atoms with van der Waals surface area (Å²) in [7, 11) is -3.11. The third-order valence-corrected chi connectivity index (χ3v) is 4.74. The van der Waals surface area contributed by atoms with E-state index >= 15 is 0 Å². The van der Waals surface area contributed by atoms with Gasteiger partial charge in [0.05, 0.1) is 5.25 Å². The fourth-order valence-electron chi connectivity index (χ4n) is 1.39. The first-order chi connectivity index (χ1) is 6.67. The van der Waals surface area contributed by atoms with Crippen molar-refractivity contribution in [2.75, 3.05) is 25.1 Å². The lowest BCUT2D eigenvalue weighted by Gasteiger charge is -2.22. The molecule has 1 aliphatic rings. The van der Waals surface area contributed by atoms with Gasteiger partial charge < -0.3 is 4.74 Å². The van der Waals surface area contributed by atoms with Crippen LogP contribution in [0.3, 0.4) is 0 Å². The maximum atomic E-state index is 11.7. The molecule has 0 amide bonds. The van der Waals surface area contributed by atoms with Gasteiger partial charge in [0.15, 0.2) is 0 Å². The molecule has 1 N–H and O–H groups in total. The van der Waals surface area contributed by atoms with Crippen molar-refractivity contribution in [3.8, 4) is 0 Å². The second-order valence-corrected chi connectivity index (χ2v) is 6.13. The highest BCUT2D eigenvalue weighted by molar-refractivity contribution is 9.09. The molecule has 14 heavy (non-hydrogen) atoms. The van der Waals surface area contributed by atoms with Crippen molar-refractivity contribution in [1.82, 2.24) is 4.72 Å². The Bertz CT molecular complexity index is 249. The molecule has 0 atom stereocenters. The second-order valence-electron chi connectivity index (χ2n) is 3.29. The van der Waals surface area contributed by atoms with Crippen LogP contribution in [-0.4, -0.2) is 38.8 Å². The average Bonchev–Trinajstić information content (AvgIpc) is 2.19. The van der Waals surface area contributed by atoms with Crippen molar-refractivity contribution in [1.29, 1.82) is 0 Å². The van der Waals surface area contributed by atoms with E-state index in [0.29, 0.717) is 32.6 Å². The predicted octanol–water partition coefficient (Wildman–Crippen LogP) is 0.870. The van der Waals surface area contributed by atoms with E-state index in [2.05, 4.69) is 20.7 Å². The van der Waals surface area contributed by atoms with Crippen LogP contribution in [0.25, 0.3) is 0 Å². The van der Waals surface area contributed by atoms with Crippen LogP contribution < -0.4 is 4.72 Å². The van der Waals surface area contributed by atoms with Crippen LogP contribution in [0.5, 0.6) is 0 Å². The third kappa shape index (κ3) is 3.84. The Balaban J connectivity index is 2.38. The van der Waals surface area contributed by atoms with Crippen LogP contribution in [0.1, 0.15) is 19.3 Å². The molecule has 0 bridgehead atoms. The van der Waals surface area contributed by atoms with Gasteiger partial charge in [-0.1, -0.05) is 15.9 Å². The molecule has 84 valence electrons. The van der Waals surface area contributed by atoms with Crippen LogP contribution in [0.2, 0.25) is 0 Å². The number of hydrogen-bond acceptors (Lipinski definition) is 3. The number of rotatable bonds is 5. The zero-order valence-electron chi connectivity index (χ0n) is 8.04. The topological polar surface area (TPSA) is 55.4 Å². The van der Waals surface area contributed by atoms with Crippen molar-refractivity contribution in [3.63, 3.8) is 0 Å². The first kappa shape index (κ1) is 12.4. The molecule has 0 aliphatic carbocycles. The standard InChI is InChI=1S/C8H16BrNO3S/c9-4-1-5-10-14(11,12)8-2-6-13-7-3-8/h8,10H,1-7H2. The summed E-state index contributed by atoms with van der Waals surface area (Å²) in [6.07, 6.45) is 2.05. The lowest BCUT2D eigenvalue weighted by molar-refractivity contribution is 0.0981. The van der Waals surface area contributed by atoms with E-state index in [4.69, 9.17) is 4.74 Å². The summed E-state index contributed by atoms with van der Waals surface area (Å²) in [5, 5.41) is 0.565. The van der Waals surface area contributed by atoms with E-state index < -0.39 is 10.0 Å². The molecular formula is C8H16BrNO3S. The molecular weight excluding hydrogens is 270 g/mol. The number of ether oxygens (including phenoxy) is 1. The van der Waals surface area contributed by atoms with Gasteiger partial charge in [-0.25, -0.2) is 13.1 Å². The zero-order chi connectivity index (χ0) is 10.4. The summed E-state index contributed by atoms with van der Waals surface area (Å²) >= 11 is 3.26. The first-order valence-corrected chi connectivity index (χ1v) is 7.46. The molecule has 6 heteroatoms. The summed E-state index contributed by atoms with van der Waals surface area (Å²) in [4.78, 5) is 0. The monoisotopic (exact) mass is 285 g/mol. The second kappa shape index (κ2) is 6.05. The lowest BCUT2D eigenvalue weighted by atomic mass is 10.2. The number of halogens is 1. The van der Waals surface area contributed by atoms with E-state index in [9.17, 15) is 8.42 Å². The highest BCUT2D eigenvalue weighted by Gasteiger charge is 2.26. The van der Waals surface area contributed by atoms with Crippen LogP contribution in [0.15, 0.2) is 0 Å². The fourth-order valence-corrected chi connectivity index (χ4v) is 3.14. The molecule has 4 nitrogen and oxygen atoms in total. The summed E-state index contributed by atoms with van der Waals surface area (Å²) in [5.41, 5.74) is 0. The van der Waals surface area contributed by atoms with Crippen LogP contribution >= 0.6 is 15.9 Å². The Kier molecular flexibility index (Phi) is 5.36. The van der Waals surface area contributed by atoms with Crippen LogP contribution in [-0.2, 0) is 14.8 Å². The summed E-state index contributed by atoms with van der Waals surface area (Å²) in [6, 6.07) is 0. The molecule has 0 aromatic heterocycles. The molecule has 0 saturated carbocycles. The van der Waals surface area contributed by atoms with Gasteiger partial charge in [-0.3, -0.25) is 0 Å². The molecule has 1 saturated heterocycles. The Morgan fingerprint density at radius 3 is 2.57 bits per heavy atom. The minimum absolute atomic E-state index is 0.258. The highest BCUT2D eigenvalue weighted by atomic mass is 79.9. The maximum absolute atomic E-state index is 11.7. The molecule has 1 aliphatic heterocycles. The molecule has 0 radical (unpaired) electrons. The van der Waals surface area contributed by atoms with Crippen LogP contribution in [0.4, 0.5) is 0 Å². The molecule has 0 spiro atoms. The van der Waals surface area contributed by atoms with E-state index in [0.717, 1.165) is 11.8 Å². The van der Waals surface area contributed by atoms with Gasteiger partial charge in [-0.15, -0.1) is 0 Å². The SMILES string of the molecule is O=S(=O)(NCCCBr)C1CCOCC1. The number of hydrogen-bond donors (Lipinski definition) is 1. The van der Waals surface area contributed by atoms with Gasteiger partial charge in [0.2, 0.25) is 10.0 Å². The summed E-state index contributed by atoms with van der Waals surface area (Å²) < 4.78 is 31.1. The van der Waals surface area contributed by atoms with Crippen molar-refractivity contribution >= 4 is 26.0 Å². The van der Waals surface area contributed by atoms with Gasteiger partial charge in [0.25, 0.3) is 0 Å². The molecule has 0 unspecified atom stereocenters. The number of alkyl halides is 1. The van der Waals surface area contributed by atoms with Gasteiger partial charge in [0, 0.05) is 25.1 Å². The summed E-state index contributed by atoms with van der Waals surface area (Å²) in [6.45, 7) is 1.64. The Labute approximate surface area is 93.6 Å².